The first-order chi connectivity index (χ1) is 13.5. The van der Waals surface area contributed by atoms with Gasteiger partial charge in [-0.05, 0) is 23.5 Å². The highest BCUT2D eigenvalue weighted by atomic mass is 16.6. The molecule has 2 aromatic carbocycles. The molecule has 5 heteroatoms. The fourth-order valence-corrected chi connectivity index (χ4v) is 3.20. The molecule has 146 valence electrons. The number of benzene rings is 2. The molecule has 0 unspecified atom stereocenters. The van der Waals surface area contributed by atoms with Gasteiger partial charge in [-0.3, -0.25) is 9.69 Å². The number of amides is 2. The molecule has 0 saturated carbocycles. The second-order valence-electron chi connectivity index (χ2n) is 7.39. The van der Waals surface area contributed by atoms with Crippen LogP contribution in [-0.2, 0) is 22.6 Å². The zero-order valence-corrected chi connectivity index (χ0v) is 16.3. The van der Waals surface area contributed by atoms with Crippen LogP contribution in [0, 0.1) is 5.92 Å². The topological polar surface area (TPSA) is 58.6 Å². The Kier molecular flexibility index (Phi) is 6.48. The third-order valence-corrected chi connectivity index (χ3v) is 4.53. The summed E-state index contributed by atoms with van der Waals surface area (Å²) in [4.78, 5) is 27.0. The van der Waals surface area contributed by atoms with Gasteiger partial charge < -0.3 is 10.1 Å². The fourth-order valence-electron chi connectivity index (χ4n) is 3.20. The lowest BCUT2D eigenvalue weighted by Crippen LogP contribution is -2.52. The van der Waals surface area contributed by atoms with Crippen LogP contribution in [0.5, 0.6) is 0 Å². The lowest BCUT2D eigenvalue weighted by Gasteiger charge is -2.33. The minimum absolute atomic E-state index is 0.170. The molecule has 1 aliphatic heterocycles. The Morgan fingerprint density at radius 1 is 1.04 bits per heavy atom. The minimum atomic E-state index is -0.637. The van der Waals surface area contributed by atoms with Gasteiger partial charge in [0.25, 0.3) is 0 Å². The van der Waals surface area contributed by atoms with Crippen LogP contribution in [0.1, 0.15) is 31.4 Å². The number of hydrogen-bond acceptors (Lipinski definition) is 3. The van der Waals surface area contributed by atoms with Gasteiger partial charge in [-0.1, -0.05) is 74.5 Å². The first kappa shape index (κ1) is 19.7. The van der Waals surface area contributed by atoms with Crippen molar-refractivity contribution < 1.29 is 14.3 Å². The molecule has 1 aliphatic rings. The van der Waals surface area contributed by atoms with E-state index in [0.717, 1.165) is 16.8 Å². The van der Waals surface area contributed by atoms with Crippen molar-refractivity contribution in [1.82, 2.24) is 10.2 Å². The third kappa shape index (κ3) is 5.22. The van der Waals surface area contributed by atoms with Crippen LogP contribution in [0.4, 0.5) is 4.79 Å². The summed E-state index contributed by atoms with van der Waals surface area (Å²) in [5.74, 6) is 0.179. The average molecular weight is 378 g/mol. The van der Waals surface area contributed by atoms with E-state index in [1.807, 2.05) is 60.7 Å². The Labute approximate surface area is 166 Å². The van der Waals surface area contributed by atoms with Gasteiger partial charge in [-0.15, -0.1) is 0 Å². The lowest BCUT2D eigenvalue weighted by molar-refractivity contribution is -0.125. The SMILES string of the molecule is CC(C)CC1=CN(C(=O)OCc2ccccc2)[C@@H](Cc2ccccc2)C(=O)N1. The molecule has 1 heterocycles. The van der Waals surface area contributed by atoms with Crippen LogP contribution in [0.25, 0.3) is 0 Å². The van der Waals surface area contributed by atoms with Crippen molar-refractivity contribution in [2.24, 2.45) is 5.92 Å². The molecule has 2 amide bonds. The van der Waals surface area contributed by atoms with E-state index < -0.39 is 12.1 Å². The highest BCUT2D eigenvalue weighted by Crippen LogP contribution is 2.20. The monoisotopic (exact) mass is 378 g/mol. The summed E-state index contributed by atoms with van der Waals surface area (Å²) in [7, 11) is 0. The zero-order valence-electron chi connectivity index (χ0n) is 16.3. The normalized spacial score (nSPS) is 16.5. The van der Waals surface area contributed by atoms with Crippen LogP contribution in [-0.4, -0.2) is 22.9 Å². The molecule has 3 rings (SSSR count). The Balaban J connectivity index is 1.79. The Morgan fingerprint density at radius 2 is 1.64 bits per heavy atom. The van der Waals surface area contributed by atoms with Crippen molar-refractivity contribution in [2.75, 3.05) is 0 Å². The van der Waals surface area contributed by atoms with Gasteiger partial charge in [0.2, 0.25) is 5.91 Å². The number of carbonyl (C=O) groups excluding carboxylic acids is 2. The summed E-state index contributed by atoms with van der Waals surface area (Å²) in [6.45, 7) is 4.31. The minimum Gasteiger partial charge on any atom is -0.444 e. The van der Waals surface area contributed by atoms with E-state index in [2.05, 4.69) is 19.2 Å². The quantitative estimate of drug-likeness (QED) is 0.817. The summed E-state index contributed by atoms with van der Waals surface area (Å²) in [5, 5.41) is 2.95. The Bertz CT molecular complexity index is 831. The molecular formula is C23H26N2O3. The first-order valence-electron chi connectivity index (χ1n) is 9.57. The molecule has 2 aromatic rings. The summed E-state index contributed by atoms with van der Waals surface area (Å²) < 4.78 is 5.50. The highest BCUT2D eigenvalue weighted by Gasteiger charge is 2.34. The molecule has 1 N–H and O–H groups in total. The smallest absolute Gasteiger partial charge is 0.414 e. The van der Waals surface area contributed by atoms with E-state index in [9.17, 15) is 9.59 Å². The predicted octanol–water partition coefficient (Wildman–Crippen LogP) is 4.25. The molecule has 0 aromatic heterocycles. The number of allylic oxidation sites excluding steroid dienone is 1. The molecule has 1 atom stereocenters. The molecular weight excluding hydrogens is 352 g/mol. The van der Waals surface area contributed by atoms with Gasteiger partial charge in [0, 0.05) is 18.3 Å². The number of rotatable bonds is 6. The number of nitrogens with zero attached hydrogens (tertiary/aromatic N) is 1. The van der Waals surface area contributed by atoms with Crippen LogP contribution in [0.15, 0.2) is 72.6 Å². The third-order valence-electron chi connectivity index (χ3n) is 4.53. The maximum Gasteiger partial charge on any atom is 0.414 e. The lowest BCUT2D eigenvalue weighted by atomic mass is 10.0. The van der Waals surface area contributed by atoms with Crippen molar-refractivity contribution in [2.45, 2.75) is 39.3 Å². The first-order valence-corrected chi connectivity index (χ1v) is 9.57. The van der Waals surface area contributed by atoms with Crippen LogP contribution >= 0.6 is 0 Å². The molecule has 5 nitrogen and oxygen atoms in total. The molecule has 0 saturated heterocycles. The molecule has 0 bridgehead atoms. The van der Waals surface area contributed by atoms with E-state index in [-0.39, 0.29) is 12.5 Å². The second kappa shape index (κ2) is 9.22. The van der Waals surface area contributed by atoms with E-state index in [4.69, 9.17) is 4.74 Å². The largest absolute Gasteiger partial charge is 0.444 e. The highest BCUT2D eigenvalue weighted by molar-refractivity contribution is 5.89. The van der Waals surface area contributed by atoms with Crippen molar-refractivity contribution in [3.63, 3.8) is 0 Å². The van der Waals surface area contributed by atoms with E-state index in [1.165, 1.54) is 4.90 Å². The van der Waals surface area contributed by atoms with E-state index in [1.54, 1.807) is 6.20 Å². The van der Waals surface area contributed by atoms with Crippen LogP contribution < -0.4 is 5.32 Å². The summed E-state index contributed by atoms with van der Waals surface area (Å²) in [6, 6.07) is 18.6. The van der Waals surface area contributed by atoms with E-state index >= 15 is 0 Å². The van der Waals surface area contributed by atoms with Crippen molar-refractivity contribution >= 4 is 12.0 Å². The molecule has 0 radical (unpaired) electrons. The molecule has 0 fully saturated rings. The van der Waals surface area contributed by atoms with Gasteiger partial charge >= 0.3 is 6.09 Å². The maximum atomic E-state index is 12.8. The summed E-state index contributed by atoms with van der Waals surface area (Å²) >= 11 is 0. The summed E-state index contributed by atoms with van der Waals surface area (Å²) in [6.07, 6.45) is 2.33. The number of nitrogens with one attached hydrogen (secondary N) is 1. The van der Waals surface area contributed by atoms with Gasteiger partial charge in [0.1, 0.15) is 12.6 Å². The van der Waals surface area contributed by atoms with Crippen LogP contribution in [0.2, 0.25) is 0 Å². The van der Waals surface area contributed by atoms with Gasteiger partial charge in [0.15, 0.2) is 0 Å². The van der Waals surface area contributed by atoms with Crippen molar-refractivity contribution in [3.05, 3.63) is 83.7 Å². The summed E-state index contributed by atoms with van der Waals surface area (Å²) in [5.41, 5.74) is 2.63. The van der Waals surface area contributed by atoms with Gasteiger partial charge in [-0.2, -0.15) is 0 Å². The van der Waals surface area contributed by atoms with Crippen LogP contribution in [0.3, 0.4) is 0 Å². The number of ether oxygens (including phenoxy) is 1. The maximum absolute atomic E-state index is 12.8. The second-order valence-corrected chi connectivity index (χ2v) is 7.39. The number of carbonyl (C=O) groups is 2. The van der Waals surface area contributed by atoms with Crippen molar-refractivity contribution in [1.29, 1.82) is 0 Å². The molecule has 28 heavy (non-hydrogen) atoms. The van der Waals surface area contributed by atoms with Gasteiger partial charge in [-0.25, -0.2) is 4.79 Å². The van der Waals surface area contributed by atoms with E-state index in [0.29, 0.717) is 18.8 Å². The number of hydrogen-bond donors (Lipinski definition) is 1. The zero-order chi connectivity index (χ0) is 19.9. The molecule has 0 spiro atoms. The van der Waals surface area contributed by atoms with Crippen molar-refractivity contribution in [3.8, 4) is 0 Å². The standard InChI is InChI=1S/C23H26N2O3/c1-17(2)13-20-15-25(23(27)28-16-19-11-7-4-8-12-19)21(22(26)24-20)14-18-9-5-3-6-10-18/h3-12,15,17,21H,13-14,16H2,1-2H3,(H,24,26)/t21-/m0/s1. The Hall–Kier alpha value is -3.08. The average Bonchev–Trinajstić information content (AvgIpc) is 2.69. The molecule has 0 aliphatic carbocycles. The fraction of sp³-hybridized carbons (Fsp3) is 0.304. The van der Waals surface area contributed by atoms with Gasteiger partial charge in [0.05, 0.1) is 0 Å². The predicted molar refractivity (Wildman–Crippen MR) is 108 cm³/mol. The Morgan fingerprint density at radius 3 is 2.25 bits per heavy atom.